The van der Waals surface area contributed by atoms with E-state index in [-0.39, 0.29) is 11.7 Å². The number of rotatable bonds is 11. The number of nitrogens with zero attached hydrogens (tertiary/aromatic N) is 5. The summed E-state index contributed by atoms with van der Waals surface area (Å²) in [5.41, 5.74) is 6.02. The standard InChI is InChI=1S/C30H25BrN6O3S/c1-39-26-10-11-27(40-19-21-6-5-7-24(31)16-21)23(17-26)18-33-34-28(38)20-41-30-36-35-29(22-12-14-32-15-13-22)37(30)25-8-3-2-4-9-25/h2-18H,19-20H2,1H3,(H,34,38)/b33-18+. The molecule has 0 aliphatic rings. The van der Waals surface area contributed by atoms with Crippen molar-refractivity contribution in [1.82, 2.24) is 25.2 Å². The summed E-state index contributed by atoms with van der Waals surface area (Å²) in [4.78, 5) is 16.8. The maximum atomic E-state index is 12.7. The van der Waals surface area contributed by atoms with Gasteiger partial charge in [-0.1, -0.05) is 58.0 Å². The average molecular weight is 630 g/mol. The summed E-state index contributed by atoms with van der Waals surface area (Å²) in [5.74, 6) is 1.71. The molecule has 5 rings (SSSR count). The lowest BCUT2D eigenvalue weighted by atomic mass is 10.2. The van der Waals surface area contributed by atoms with Crippen LogP contribution in [0.15, 0.2) is 112 Å². The molecule has 0 aliphatic carbocycles. The Morgan fingerprint density at radius 3 is 2.63 bits per heavy atom. The molecule has 206 valence electrons. The maximum Gasteiger partial charge on any atom is 0.250 e. The first-order chi connectivity index (χ1) is 20.1. The Morgan fingerprint density at radius 1 is 1.02 bits per heavy atom. The number of hydrogen-bond acceptors (Lipinski definition) is 8. The topological polar surface area (TPSA) is 104 Å². The third-order valence-electron chi connectivity index (χ3n) is 5.81. The van der Waals surface area contributed by atoms with Gasteiger partial charge in [-0.3, -0.25) is 14.3 Å². The van der Waals surface area contributed by atoms with Crippen LogP contribution in [0.2, 0.25) is 0 Å². The molecule has 0 saturated carbocycles. The normalized spacial score (nSPS) is 11.0. The number of hydrazone groups is 1. The Kier molecular flexibility index (Phi) is 9.40. The highest BCUT2D eigenvalue weighted by atomic mass is 79.9. The second-order valence-corrected chi connectivity index (χ2v) is 10.5. The van der Waals surface area contributed by atoms with Crippen LogP contribution in [0.4, 0.5) is 0 Å². The molecule has 2 heterocycles. The molecule has 41 heavy (non-hydrogen) atoms. The zero-order valence-corrected chi connectivity index (χ0v) is 24.4. The minimum Gasteiger partial charge on any atom is -0.497 e. The van der Waals surface area contributed by atoms with Gasteiger partial charge in [0.1, 0.15) is 18.1 Å². The fourth-order valence-corrected chi connectivity index (χ4v) is 5.06. The summed E-state index contributed by atoms with van der Waals surface area (Å²) in [7, 11) is 1.59. The van der Waals surface area contributed by atoms with Crippen LogP contribution in [0.5, 0.6) is 11.5 Å². The summed E-state index contributed by atoms with van der Waals surface area (Å²) in [6.07, 6.45) is 4.95. The van der Waals surface area contributed by atoms with Crippen LogP contribution in [0.25, 0.3) is 17.1 Å². The molecule has 0 spiro atoms. The molecule has 5 aromatic rings. The number of carbonyl (C=O) groups excluding carboxylic acids is 1. The number of para-hydroxylation sites is 1. The first kappa shape index (κ1) is 28.1. The molecule has 0 fully saturated rings. The quantitative estimate of drug-likeness (QED) is 0.110. The molecule has 0 radical (unpaired) electrons. The Balaban J connectivity index is 1.26. The van der Waals surface area contributed by atoms with Gasteiger partial charge in [-0.05, 0) is 60.2 Å². The molecular weight excluding hydrogens is 604 g/mol. The minimum absolute atomic E-state index is 0.0863. The molecule has 1 N–H and O–H groups in total. The maximum absolute atomic E-state index is 12.7. The van der Waals surface area contributed by atoms with Crippen LogP contribution >= 0.6 is 27.7 Å². The Labute approximate surface area is 249 Å². The van der Waals surface area contributed by atoms with Gasteiger partial charge in [-0.2, -0.15) is 5.10 Å². The van der Waals surface area contributed by atoms with Gasteiger partial charge in [0.25, 0.3) is 5.91 Å². The lowest BCUT2D eigenvalue weighted by Crippen LogP contribution is -2.20. The van der Waals surface area contributed by atoms with Crippen LogP contribution in [-0.4, -0.2) is 44.7 Å². The van der Waals surface area contributed by atoms with E-state index in [9.17, 15) is 4.79 Å². The van der Waals surface area contributed by atoms with Gasteiger partial charge in [0.2, 0.25) is 0 Å². The van der Waals surface area contributed by atoms with E-state index in [0.29, 0.717) is 34.7 Å². The molecule has 0 aliphatic heterocycles. The molecule has 0 bridgehead atoms. The number of aromatic nitrogens is 4. The monoisotopic (exact) mass is 628 g/mol. The van der Waals surface area contributed by atoms with Crippen molar-refractivity contribution >= 4 is 39.8 Å². The van der Waals surface area contributed by atoms with Crippen molar-refractivity contribution in [2.24, 2.45) is 5.10 Å². The zero-order valence-electron chi connectivity index (χ0n) is 22.0. The third-order valence-corrected chi connectivity index (χ3v) is 7.23. The number of hydrogen-bond donors (Lipinski definition) is 1. The highest BCUT2D eigenvalue weighted by Crippen LogP contribution is 2.28. The van der Waals surface area contributed by atoms with Crippen LogP contribution in [0.1, 0.15) is 11.1 Å². The molecule has 1 amide bonds. The van der Waals surface area contributed by atoms with Gasteiger partial charge in [0.15, 0.2) is 11.0 Å². The van der Waals surface area contributed by atoms with Crippen LogP contribution in [0, 0.1) is 0 Å². The lowest BCUT2D eigenvalue weighted by Gasteiger charge is -2.11. The van der Waals surface area contributed by atoms with Gasteiger partial charge in [-0.25, -0.2) is 5.43 Å². The Bertz CT molecular complexity index is 1650. The number of amides is 1. The van der Waals surface area contributed by atoms with Crippen molar-refractivity contribution in [3.63, 3.8) is 0 Å². The summed E-state index contributed by atoms with van der Waals surface area (Å²) >= 11 is 4.75. The predicted octanol–water partition coefficient (Wildman–Crippen LogP) is 5.92. The van der Waals surface area contributed by atoms with E-state index in [2.05, 4.69) is 41.6 Å². The number of ether oxygens (including phenoxy) is 2. The average Bonchev–Trinajstić information content (AvgIpc) is 3.44. The highest BCUT2D eigenvalue weighted by molar-refractivity contribution is 9.10. The summed E-state index contributed by atoms with van der Waals surface area (Å²) in [5, 5.41) is 13.5. The van der Waals surface area contributed by atoms with Crippen LogP contribution < -0.4 is 14.9 Å². The SMILES string of the molecule is COc1ccc(OCc2cccc(Br)c2)c(/C=N/NC(=O)CSc2nnc(-c3ccncc3)n2-c2ccccc2)c1. The molecule has 0 saturated heterocycles. The van der Waals surface area contributed by atoms with Crippen molar-refractivity contribution in [2.75, 3.05) is 12.9 Å². The van der Waals surface area contributed by atoms with Crippen LogP contribution in [-0.2, 0) is 11.4 Å². The summed E-state index contributed by atoms with van der Waals surface area (Å²) in [6.45, 7) is 0.374. The zero-order chi connectivity index (χ0) is 28.4. The van der Waals surface area contributed by atoms with Crippen molar-refractivity contribution in [2.45, 2.75) is 11.8 Å². The summed E-state index contributed by atoms with van der Waals surface area (Å²) < 4.78 is 14.3. The van der Waals surface area contributed by atoms with Gasteiger partial charge in [-0.15, -0.1) is 10.2 Å². The number of carbonyl (C=O) groups is 1. The molecule has 9 nitrogen and oxygen atoms in total. The molecule has 0 atom stereocenters. The van der Waals surface area contributed by atoms with E-state index in [1.807, 2.05) is 83.4 Å². The van der Waals surface area contributed by atoms with Crippen molar-refractivity contribution in [3.05, 3.63) is 113 Å². The first-order valence-corrected chi connectivity index (χ1v) is 14.3. The summed E-state index contributed by atoms with van der Waals surface area (Å²) in [6, 6.07) is 26.8. The van der Waals surface area contributed by atoms with Gasteiger partial charge < -0.3 is 9.47 Å². The number of nitrogens with one attached hydrogen (secondary N) is 1. The number of thioether (sulfide) groups is 1. The fourth-order valence-electron chi connectivity index (χ4n) is 3.87. The fraction of sp³-hybridized carbons (Fsp3) is 0.100. The molecule has 11 heteroatoms. The van der Waals surface area contributed by atoms with Gasteiger partial charge >= 0.3 is 0 Å². The van der Waals surface area contributed by atoms with Crippen molar-refractivity contribution in [1.29, 1.82) is 0 Å². The van der Waals surface area contributed by atoms with E-state index in [1.54, 1.807) is 25.6 Å². The minimum atomic E-state index is -0.293. The van der Waals surface area contributed by atoms with E-state index >= 15 is 0 Å². The number of halogens is 1. The third kappa shape index (κ3) is 7.38. The molecule has 3 aromatic carbocycles. The van der Waals surface area contributed by atoms with Crippen molar-refractivity contribution in [3.8, 4) is 28.6 Å². The molecule has 0 unspecified atom stereocenters. The molecule has 2 aromatic heterocycles. The van der Waals surface area contributed by atoms with E-state index < -0.39 is 0 Å². The predicted molar refractivity (Wildman–Crippen MR) is 163 cm³/mol. The largest absolute Gasteiger partial charge is 0.497 e. The number of pyridine rings is 1. The number of benzene rings is 3. The van der Waals surface area contributed by atoms with E-state index in [4.69, 9.17) is 9.47 Å². The highest BCUT2D eigenvalue weighted by Gasteiger charge is 2.17. The number of methoxy groups -OCH3 is 1. The second-order valence-electron chi connectivity index (χ2n) is 8.62. The van der Waals surface area contributed by atoms with E-state index in [0.717, 1.165) is 21.3 Å². The smallest absolute Gasteiger partial charge is 0.250 e. The Morgan fingerprint density at radius 2 is 1.85 bits per heavy atom. The van der Waals surface area contributed by atoms with E-state index in [1.165, 1.54) is 18.0 Å². The first-order valence-electron chi connectivity index (χ1n) is 12.5. The lowest BCUT2D eigenvalue weighted by molar-refractivity contribution is -0.118. The van der Waals surface area contributed by atoms with Gasteiger partial charge in [0, 0.05) is 33.7 Å². The second kappa shape index (κ2) is 13.7. The van der Waals surface area contributed by atoms with Gasteiger partial charge in [0.05, 0.1) is 19.1 Å². The Hall–Kier alpha value is -4.48. The van der Waals surface area contributed by atoms with Crippen molar-refractivity contribution < 1.29 is 14.3 Å². The molecular formula is C30H25BrN6O3S. The van der Waals surface area contributed by atoms with Crippen LogP contribution in [0.3, 0.4) is 0 Å².